The van der Waals surface area contributed by atoms with Gasteiger partial charge in [0, 0.05) is 11.3 Å². The summed E-state index contributed by atoms with van der Waals surface area (Å²) in [5.74, 6) is -2.13. The van der Waals surface area contributed by atoms with Crippen LogP contribution in [0, 0.1) is 17.0 Å². The zero-order valence-corrected chi connectivity index (χ0v) is 14.4. The minimum Gasteiger partial charge on any atom is -0.478 e. The van der Waals surface area contributed by atoms with Crippen LogP contribution in [0.3, 0.4) is 0 Å². The second kappa shape index (κ2) is 6.84. The predicted octanol–water partition coefficient (Wildman–Crippen LogP) is 3.69. The third kappa shape index (κ3) is 3.09. The van der Waals surface area contributed by atoms with Crippen molar-refractivity contribution in [2.24, 2.45) is 0 Å². The van der Waals surface area contributed by atoms with Crippen LogP contribution in [0.15, 0.2) is 71.6 Å². The van der Waals surface area contributed by atoms with E-state index in [9.17, 15) is 20.0 Å². The SMILES string of the molecule is CC1=C(C(=O)O)C(c2ccccc2)C([N+](=O)[O-])=C(c2ccc(C)cc2)N1. The van der Waals surface area contributed by atoms with E-state index in [1.165, 1.54) is 0 Å². The van der Waals surface area contributed by atoms with Gasteiger partial charge in [0.25, 0.3) is 5.70 Å². The summed E-state index contributed by atoms with van der Waals surface area (Å²) in [5, 5.41) is 24.6. The second-order valence-electron chi connectivity index (χ2n) is 6.20. The first-order valence-corrected chi connectivity index (χ1v) is 8.11. The fraction of sp³-hybridized carbons (Fsp3) is 0.150. The molecule has 1 unspecified atom stereocenters. The van der Waals surface area contributed by atoms with Crippen molar-refractivity contribution in [3.8, 4) is 0 Å². The highest BCUT2D eigenvalue weighted by atomic mass is 16.6. The zero-order valence-electron chi connectivity index (χ0n) is 14.4. The Morgan fingerprint density at radius 1 is 1.08 bits per heavy atom. The first-order valence-electron chi connectivity index (χ1n) is 8.11. The summed E-state index contributed by atoms with van der Waals surface area (Å²) in [4.78, 5) is 23.3. The summed E-state index contributed by atoms with van der Waals surface area (Å²) < 4.78 is 0. The zero-order chi connectivity index (χ0) is 18.8. The quantitative estimate of drug-likeness (QED) is 0.648. The van der Waals surface area contributed by atoms with Crippen LogP contribution in [0.1, 0.15) is 29.5 Å². The van der Waals surface area contributed by atoms with Gasteiger partial charge in [0.2, 0.25) is 0 Å². The summed E-state index contributed by atoms with van der Waals surface area (Å²) in [6.07, 6.45) is 0. The highest BCUT2D eigenvalue weighted by Crippen LogP contribution is 2.40. The molecule has 0 radical (unpaired) electrons. The Morgan fingerprint density at radius 3 is 2.23 bits per heavy atom. The normalized spacial score (nSPS) is 17.1. The lowest BCUT2D eigenvalue weighted by atomic mass is 9.83. The molecule has 0 bridgehead atoms. The molecule has 1 heterocycles. The number of allylic oxidation sites excluding steroid dienone is 2. The van der Waals surface area contributed by atoms with E-state index in [1.807, 2.05) is 19.1 Å². The van der Waals surface area contributed by atoms with E-state index in [4.69, 9.17) is 0 Å². The number of dihydropyridines is 1. The summed E-state index contributed by atoms with van der Waals surface area (Å²) in [7, 11) is 0. The van der Waals surface area contributed by atoms with Crippen molar-refractivity contribution in [2.75, 3.05) is 0 Å². The molecule has 0 fully saturated rings. The number of aryl methyl sites for hydroxylation is 1. The van der Waals surface area contributed by atoms with Crippen LogP contribution in [0.5, 0.6) is 0 Å². The number of nitro groups is 1. The van der Waals surface area contributed by atoms with E-state index in [1.54, 1.807) is 49.4 Å². The summed E-state index contributed by atoms with van der Waals surface area (Å²) in [6.45, 7) is 3.56. The topological polar surface area (TPSA) is 92.5 Å². The molecule has 2 aromatic rings. The van der Waals surface area contributed by atoms with Gasteiger partial charge < -0.3 is 10.4 Å². The van der Waals surface area contributed by atoms with Crippen molar-refractivity contribution in [1.29, 1.82) is 0 Å². The Hall–Kier alpha value is -3.41. The lowest BCUT2D eigenvalue weighted by molar-refractivity contribution is -0.428. The number of benzene rings is 2. The van der Waals surface area contributed by atoms with Gasteiger partial charge in [-0.05, 0) is 19.4 Å². The van der Waals surface area contributed by atoms with Gasteiger partial charge >= 0.3 is 5.97 Å². The molecule has 0 spiro atoms. The monoisotopic (exact) mass is 350 g/mol. The third-order valence-corrected chi connectivity index (χ3v) is 4.44. The molecule has 2 aromatic carbocycles. The molecule has 1 aliphatic heterocycles. The van der Waals surface area contributed by atoms with Gasteiger partial charge in [0.05, 0.1) is 10.5 Å². The Labute approximate surface area is 150 Å². The molecule has 1 atom stereocenters. The lowest BCUT2D eigenvalue weighted by Crippen LogP contribution is -2.31. The molecule has 2 N–H and O–H groups in total. The molecule has 0 aromatic heterocycles. The van der Waals surface area contributed by atoms with Gasteiger partial charge in [0.1, 0.15) is 11.6 Å². The number of rotatable bonds is 4. The first-order chi connectivity index (χ1) is 12.4. The highest BCUT2D eigenvalue weighted by molar-refractivity contribution is 5.92. The first kappa shape index (κ1) is 17.4. The van der Waals surface area contributed by atoms with E-state index in [0.29, 0.717) is 22.5 Å². The number of nitrogens with zero attached hydrogens (tertiary/aromatic N) is 1. The Bertz CT molecular complexity index is 928. The van der Waals surface area contributed by atoms with Crippen molar-refractivity contribution in [2.45, 2.75) is 19.8 Å². The maximum atomic E-state index is 12.0. The van der Waals surface area contributed by atoms with E-state index < -0.39 is 16.8 Å². The van der Waals surface area contributed by atoms with Crippen LogP contribution in [0.4, 0.5) is 0 Å². The van der Waals surface area contributed by atoms with Crippen LogP contribution in [-0.2, 0) is 4.79 Å². The second-order valence-corrected chi connectivity index (χ2v) is 6.20. The van der Waals surface area contributed by atoms with E-state index in [-0.39, 0.29) is 11.3 Å². The van der Waals surface area contributed by atoms with Crippen LogP contribution in [-0.4, -0.2) is 16.0 Å². The molecule has 0 saturated heterocycles. The molecule has 3 rings (SSSR count). The van der Waals surface area contributed by atoms with Gasteiger partial charge in [-0.25, -0.2) is 4.79 Å². The molecule has 6 nitrogen and oxygen atoms in total. The van der Waals surface area contributed by atoms with Crippen LogP contribution in [0.25, 0.3) is 5.70 Å². The minimum absolute atomic E-state index is 0.0150. The molecular weight excluding hydrogens is 332 g/mol. The van der Waals surface area contributed by atoms with Crippen LogP contribution in [0.2, 0.25) is 0 Å². The van der Waals surface area contributed by atoms with Gasteiger partial charge in [0.15, 0.2) is 0 Å². The molecule has 6 heteroatoms. The number of carbonyl (C=O) groups is 1. The molecule has 0 saturated carbocycles. The molecule has 26 heavy (non-hydrogen) atoms. The Kier molecular flexibility index (Phi) is 4.58. The van der Waals surface area contributed by atoms with E-state index in [2.05, 4.69) is 5.32 Å². The minimum atomic E-state index is -1.17. The van der Waals surface area contributed by atoms with Gasteiger partial charge in [-0.15, -0.1) is 0 Å². The van der Waals surface area contributed by atoms with Crippen molar-refractivity contribution in [3.63, 3.8) is 0 Å². The van der Waals surface area contributed by atoms with Gasteiger partial charge in [-0.3, -0.25) is 10.1 Å². The maximum Gasteiger partial charge on any atom is 0.334 e. The van der Waals surface area contributed by atoms with Gasteiger partial charge in [-0.1, -0.05) is 60.2 Å². The number of carboxylic acids is 1. The number of hydrogen-bond acceptors (Lipinski definition) is 4. The number of carboxylic acid groups (broad SMARTS) is 1. The van der Waals surface area contributed by atoms with E-state index >= 15 is 0 Å². The van der Waals surface area contributed by atoms with Crippen molar-refractivity contribution < 1.29 is 14.8 Å². The van der Waals surface area contributed by atoms with Crippen LogP contribution >= 0.6 is 0 Å². The molecule has 0 aliphatic carbocycles. The third-order valence-electron chi connectivity index (χ3n) is 4.44. The highest BCUT2D eigenvalue weighted by Gasteiger charge is 2.41. The average Bonchev–Trinajstić information content (AvgIpc) is 2.61. The van der Waals surface area contributed by atoms with Crippen molar-refractivity contribution in [1.82, 2.24) is 5.32 Å². The number of hydrogen-bond donors (Lipinski definition) is 2. The number of nitrogens with one attached hydrogen (secondary N) is 1. The maximum absolute atomic E-state index is 12.0. The molecule has 132 valence electrons. The lowest BCUT2D eigenvalue weighted by Gasteiger charge is -2.27. The fourth-order valence-corrected chi connectivity index (χ4v) is 3.21. The van der Waals surface area contributed by atoms with Gasteiger partial charge in [-0.2, -0.15) is 0 Å². The van der Waals surface area contributed by atoms with E-state index in [0.717, 1.165) is 5.56 Å². The summed E-state index contributed by atoms with van der Waals surface area (Å²) >= 11 is 0. The van der Waals surface area contributed by atoms with Crippen molar-refractivity contribution >= 4 is 11.7 Å². The summed E-state index contributed by atoms with van der Waals surface area (Å²) in [5.41, 5.74) is 2.79. The molecule has 0 amide bonds. The predicted molar refractivity (Wildman–Crippen MR) is 97.7 cm³/mol. The van der Waals surface area contributed by atoms with Crippen LogP contribution < -0.4 is 5.32 Å². The molecular formula is C20H18N2O4. The molecule has 1 aliphatic rings. The standard InChI is InChI=1S/C20H18N2O4/c1-12-8-10-15(11-9-12)18-19(22(25)26)17(14-6-4-3-5-7-14)16(20(23)24)13(2)21-18/h3-11,17,21H,1-2H3,(H,23,24). The summed E-state index contributed by atoms with van der Waals surface area (Å²) in [6, 6.07) is 16.0. The Morgan fingerprint density at radius 2 is 1.69 bits per heavy atom. The Balaban J connectivity index is 2.28. The average molecular weight is 350 g/mol. The number of aliphatic carboxylic acids is 1. The fourth-order valence-electron chi connectivity index (χ4n) is 3.21. The largest absolute Gasteiger partial charge is 0.478 e. The van der Waals surface area contributed by atoms with Crippen molar-refractivity contribution in [3.05, 3.63) is 98.4 Å². The smallest absolute Gasteiger partial charge is 0.334 e.